The molecule has 108 valence electrons. The maximum Gasteiger partial charge on any atom is 0.356 e. The highest BCUT2D eigenvalue weighted by Crippen LogP contribution is 2.19. The third-order valence-electron chi connectivity index (χ3n) is 2.55. The van der Waals surface area contributed by atoms with Crippen LogP contribution in [0.1, 0.15) is 21.0 Å². The first-order valence-electron chi connectivity index (χ1n) is 5.83. The number of ether oxygens (including phenoxy) is 1. The van der Waals surface area contributed by atoms with Crippen LogP contribution in [0.5, 0.6) is 0 Å². The van der Waals surface area contributed by atoms with Crippen molar-refractivity contribution in [3.05, 3.63) is 58.6 Å². The molecule has 1 N–H and O–H groups in total. The Morgan fingerprint density at radius 1 is 1.24 bits per heavy atom. The van der Waals surface area contributed by atoms with Crippen LogP contribution in [0.25, 0.3) is 0 Å². The van der Waals surface area contributed by atoms with E-state index in [0.717, 1.165) is 6.07 Å². The number of carbonyl (C=O) groups is 2. The van der Waals surface area contributed by atoms with E-state index in [2.05, 4.69) is 15.0 Å². The van der Waals surface area contributed by atoms with Crippen LogP contribution in [0.15, 0.2) is 36.4 Å². The van der Waals surface area contributed by atoms with E-state index < -0.39 is 17.7 Å². The Kier molecular flexibility index (Phi) is 4.49. The Labute approximate surface area is 124 Å². The summed E-state index contributed by atoms with van der Waals surface area (Å²) in [7, 11) is 1.22. The maximum absolute atomic E-state index is 13.3. The van der Waals surface area contributed by atoms with E-state index in [-0.39, 0.29) is 22.1 Å². The summed E-state index contributed by atoms with van der Waals surface area (Å²) in [5.74, 6) is -1.88. The van der Waals surface area contributed by atoms with Gasteiger partial charge in [0, 0.05) is 5.69 Å². The minimum atomic E-state index is -0.651. The van der Waals surface area contributed by atoms with Crippen LogP contribution >= 0.6 is 11.6 Å². The Morgan fingerprint density at radius 2 is 1.95 bits per heavy atom. The molecule has 0 fully saturated rings. The summed E-state index contributed by atoms with van der Waals surface area (Å²) < 4.78 is 17.8. The number of amides is 1. The Bertz CT molecular complexity index is 706. The first-order valence-corrected chi connectivity index (χ1v) is 6.21. The van der Waals surface area contributed by atoms with E-state index in [1.165, 1.54) is 37.4 Å². The molecule has 5 nitrogen and oxygen atoms in total. The van der Waals surface area contributed by atoms with Gasteiger partial charge in [0.05, 0.1) is 12.1 Å². The predicted octanol–water partition coefficient (Wildman–Crippen LogP) is 2.91. The predicted molar refractivity (Wildman–Crippen MR) is 74.9 cm³/mol. The molecule has 0 aliphatic rings. The van der Waals surface area contributed by atoms with Gasteiger partial charge in [-0.3, -0.25) is 4.79 Å². The van der Waals surface area contributed by atoms with Crippen molar-refractivity contribution < 1.29 is 18.7 Å². The molecule has 0 spiro atoms. The molecular weight excluding hydrogens is 299 g/mol. The summed E-state index contributed by atoms with van der Waals surface area (Å²) in [6.07, 6.45) is 0. The van der Waals surface area contributed by atoms with Crippen molar-refractivity contribution in [2.75, 3.05) is 12.4 Å². The van der Waals surface area contributed by atoms with Gasteiger partial charge in [-0.05, 0) is 30.3 Å². The van der Waals surface area contributed by atoms with Crippen LogP contribution in [-0.4, -0.2) is 24.0 Å². The zero-order chi connectivity index (χ0) is 15.4. The van der Waals surface area contributed by atoms with Crippen LogP contribution in [0, 0.1) is 5.82 Å². The monoisotopic (exact) mass is 308 g/mol. The van der Waals surface area contributed by atoms with Gasteiger partial charge in [0.1, 0.15) is 17.2 Å². The lowest BCUT2D eigenvalue weighted by Gasteiger charge is -2.06. The Morgan fingerprint density at radius 3 is 2.62 bits per heavy atom. The van der Waals surface area contributed by atoms with Crippen LogP contribution in [0.4, 0.5) is 10.1 Å². The molecule has 7 heteroatoms. The topological polar surface area (TPSA) is 68.3 Å². The van der Waals surface area contributed by atoms with E-state index in [1.807, 2.05) is 0 Å². The molecule has 21 heavy (non-hydrogen) atoms. The molecule has 2 rings (SSSR count). The second-order valence-electron chi connectivity index (χ2n) is 3.98. The number of hydrogen-bond acceptors (Lipinski definition) is 4. The molecule has 1 amide bonds. The molecule has 1 heterocycles. The third kappa shape index (κ3) is 3.55. The lowest BCUT2D eigenvalue weighted by atomic mass is 10.2. The van der Waals surface area contributed by atoms with Crippen molar-refractivity contribution in [1.82, 2.24) is 4.98 Å². The van der Waals surface area contributed by atoms with Crippen LogP contribution in [0.3, 0.4) is 0 Å². The first kappa shape index (κ1) is 14.9. The quantitative estimate of drug-likeness (QED) is 0.885. The van der Waals surface area contributed by atoms with Gasteiger partial charge in [0.2, 0.25) is 0 Å². The fraction of sp³-hybridized carbons (Fsp3) is 0.0714. The van der Waals surface area contributed by atoms with Gasteiger partial charge in [-0.15, -0.1) is 0 Å². The molecule has 1 aromatic carbocycles. The summed E-state index contributed by atoms with van der Waals surface area (Å²) in [6, 6.07) is 8.21. The number of hydrogen-bond donors (Lipinski definition) is 1. The standard InChI is InChI=1S/C14H10ClFN2O3/c1-21-14(20)12-4-2-3-11(18-12)13(19)17-8-5-6-9(15)10(16)7-8/h2-7H,1H3,(H,17,19). The van der Waals surface area contributed by atoms with Crippen LogP contribution in [0.2, 0.25) is 5.02 Å². The molecule has 0 bridgehead atoms. The van der Waals surface area contributed by atoms with Crippen molar-refractivity contribution in [2.24, 2.45) is 0 Å². The zero-order valence-corrected chi connectivity index (χ0v) is 11.6. The molecular formula is C14H10ClFN2O3. The highest BCUT2D eigenvalue weighted by molar-refractivity contribution is 6.30. The smallest absolute Gasteiger partial charge is 0.356 e. The van der Waals surface area contributed by atoms with Crippen LogP contribution in [-0.2, 0) is 4.74 Å². The van der Waals surface area contributed by atoms with Crippen molar-refractivity contribution in [3.63, 3.8) is 0 Å². The number of esters is 1. The maximum atomic E-state index is 13.3. The highest BCUT2D eigenvalue weighted by Gasteiger charge is 2.13. The van der Waals surface area contributed by atoms with Crippen LogP contribution < -0.4 is 5.32 Å². The summed E-state index contributed by atoms with van der Waals surface area (Å²) in [5, 5.41) is 2.42. The lowest BCUT2D eigenvalue weighted by Crippen LogP contribution is -2.16. The number of anilines is 1. The molecule has 2 aromatic rings. The molecule has 0 atom stereocenters. The summed E-state index contributed by atoms with van der Waals surface area (Å²) in [6.45, 7) is 0. The van der Waals surface area contributed by atoms with Crippen molar-refractivity contribution in [1.29, 1.82) is 0 Å². The van der Waals surface area contributed by atoms with E-state index in [1.54, 1.807) is 0 Å². The minimum Gasteiger partial charge on any atom is -0.464 e. The van der Waals surface area contributed by atoms with E-state index >= 15 is 0 Å². The van der Waals surface area contributed by atoms with Gasteiger partial charge < -0.3 is 10.1 Å². The van der Waals surface area contributed by atoms with Crippen molar-refractivity contribution >= 4 is 29.2 Å². The number of carbonyl (C=O) groups excluding carboxylic acids is 2. The van der Waals surface area contributed by atoms with Gasteiger partial charge in [-0.25, -0.2) is 14.2 Å². The number of rotatable bonds is 3. The summed E-state index contributed by atoms with van der Waals surface area (Å²) in [4.78, 5) is 27.2. The van der Waals surface area contributed by atoms with Gasteiger partial charge >= 0.3 is 5.97 Å². The van der Waals surface area contributed by atoms with Gasteiger partial charge in [-0.2, -0.15) is 0 Å². The van der Waals surface area contributed by atoms with E-state index in [4.69, 9.17) is 11.6 Å². The number of nitrogens with zero attached hydrogens (tertiary/aromatic N) is 1. The molecule has 0 saturated heterocycles. The molecule has 0 unspecified atom stereocenters. The first-order chi connectivity index (χ1) is 10.0. The molecule has 0 aliphatic heterocycles. The number of benzene rings is 1. The summed E-state index contributed by atoms with van der Waals surface area (Å²) in [5.41, 5.74) is 0.243. The molecule has 0 radical (unpaired) electrons. The lowest BCUT2D eigenvalue weighted by molar-refractivity contribution is 0.0594. The number of aromatic nitrogens is 1. The largest absolute Gasteiger partial charge is 0.464 e. The Balaban J connectivity index is 2.20. The molecule has 1 aromatic heterocycles. The molecule has 0 aliphatic carbocycles. The normalized spacial score (nSPS) is 10.0. The second-order valence-corrected chi connectivity index (χ2v) is 4.39. The number of pyridine rings is 1. The third-order valence-corrected chi connectivity index (χ3v) is 2.86. The number of nitrogens with one attached hydrogen (secondary N) is 1. The number of methoxy groups -OCH3 is 1. The fourth-order valence-corrected chi connectivity index (χ4v) is 1.67. The minimum absolute atomic E-state index is 0.00689. The number of halogens is 2. The fourth-order valence-electron chi connectivity index (χ4n) is 1.55. The van der Waals surface area contributed by atoms with Crippen molar-refractivity contribution in [3.8, 4) is 0 Å². The second kappa shape index (κ2) is 6.32. The van der Waals surface area contributed by atoms with Gasteiger partial charge in [0.25, 0.3) is 5.91 Å². The highest BCUT2D eigenvalue weighted by atomic mass is 35.5. The zero-order valence-electron chi connectivity index (χ0n) is 10.9. The Hall–Kier alpha value is -2.47. The van der Waals surface area contributed by atoms with Crippen molar-refractivity contribution in [2.45, 2.75) is 0 Å². The SMILES string of the molecule is COC(=O)c1cccc(C(=O)Nc2ccc(Cl)c(F)c2)n1. The van der Waals surface area contributed by atoms with E-state index in [9.17, 15) is 14.0 Å². The average molecular weight is 309 g/mol. The summed E-state index contributed by atoms with van der Waals surface area (Å²) >= 11 is 5.55. The van der Waals surface area contributed by atoms with E-state index in [0.29, 0.717) is 0 Å². The average Bonchev–Trinajstić information content (AvgIpc) is 2.50. The molecule has 0 saturated carbocycles. The van der Waals surface area contributed by atoms with Gasteiger partial charge in [-0.1, -0.05) is 17.7 Å². The van der Waals surface area contributed by atoms with Gasteiger partial charge in [0.15, 0.2) is 0 Å².